The van der Waals surface area contributed by atoms with Gasteiger partial charge < -0.3 is 11.7 Å². The third kappa shape index (κ3) is 5.50. The Labute approximate surface area is 49.5 Å². The van der Waals surface area contributed by atoms with E-state index < -0.39 is 14.2 Å². The minimum atomic E-state index is -4.28. The highest BCUT2D eigenvalue weighted by Gasteiger charge is 2.07. The van der Waals surface area contributed by atoms with Gasteiger partial charge in [-0.2, -0.15) is 5.21 Å². The van der Waals surface area contributed by atoms with Crippen LogP contribution in [-0.2, 0) is 25.1 Å². The van der Waals surface area contributed by atoms with Crippen LogP contribution in [0.25, 0.3) is 0 Å². The van der Waals surface area contributed by atoms with Gasteiger partial charge in [-0.1, -0.05) is 4.28 Å². The minimum Gasteiger partial charge on any atom is -0.600 e. The van der Waals surface area contributed by atoms with Crippen molar-refractivity contribution < 1.29 is 23.0 Å². The Hall–Kier alpha value is -0.500. The first-order valence-corrected chi connectivity index (χ1v) is 3.57. The molecule has 0 radical (unpaired) electrons. The van der Waals surface area contributed by atoms with Crippen molar-refractivity contribution in [3.8, 4) is 0 Å². The second-order valence-corrected chi connectivity index (χ2v) is 2.91. The van der Waals surface area contributed by atoms with E-state index in [0.29, 0.717) is 0 Å². The molecule has 0 bridgehead atoms. The minimum absolute atomic E-state index is 1.23. The molecule has 0 saturated heterocycles. The summed E-state index contributed by atoms with van der Waals surface area (Å²) in [5, 5.41) is 6.26. The van der Waals surface area contributed by atoms with Crippen LogP contribution in [-0.4, -0.2) is 18.7 Å². The molecule has 0 aliphatic heterocycles. The van der Waals surface area contributed by atoms with E-state index in [0.717, 1.165) is 0 Å². The van der Waals surface area contributed by atoms with Gasteiger partial charge in [0.25, 0.3) is 9.15 Å². The third-order valence-electron chi connectivity index (χ3n) is 0.155. The fourth-order valence-electron chi connectivity index (χ4n) is 0.0781. The molecule has 0 aromatic rings. The van der Waals surface area contributed by atoms with Gasteiger partial charge in [-0.05, 0) is 0 Å². The molecule has 0 aliphatic rings. The molecule has 0 amide bonds. The maximum absolute atomic E-state index is 9.63. The Kier molecular flexibility index (Phi) is 2.04. The van der Waals surface area contributed by atoms with Crippen molar-refractivity contribution >= 4 is 20.8 Å². The smallest absolute Gasteiger partial charge is 0.491 e. The summed E-state index contributed by atoms with van der Waals surface area (Å²) < 4.78 is 22.3. The van der Waals surface area contributed by atoms with E-state index in [-0.39, 0.29) is 0 Å². The van der Waals surface area contributed by atoms with Gasteiger partial charge in [-0.15, -0.1) is 0 Å². The van der Waals surface area contributed by atoms with Crippen LogP contribution in [0.5, 0.6) is 0 Å². The molecule has 0 heterocycles. The number of hydrogen-bond acceptors (Lipinski definition) is 5. The zero-order chi connectivity index (χ0) is 6.78. The lowest BCUT2D eigenvalue weighted by atomic mass is 13.1. The van der Waals surface area contributed by atoms with E-state index in [2.05, 4.69) is 15.9 Å². The second kappa shape index (κ2) is 2.18. The molecule has 1 N–H and O–H groups in total. The molecule has 48 valence electrons. The standard InChI is InChI=1S/HNO5S2/c2-1(3)6-8(4,5)7/h(H-,2,3,4,5,7). The molecule has 0 unspecified atom stereocenters. The van der Waals surface area contributed by atoms with E-state index in [1.165, 1.54) is 0 Å². The Bertz CT molecular complexity index is 177. The van der Waals surface area contributed by atoms with Crippen LogP contribution in [0.3, 0.4) is 0 Å². The van der Waals surface area contributed by atoms with Gasteiger partial charge in [0, 0.05) is 0 Å². The van der Waals surface area contributed by atoms with Gasteiger partial charge in [0.2, 0.25) is 0 Å². The quantitative estimate of drug-likeness (QED) is 0.312. The lowest BCUT2D eigenvalue weighted by Gasteiger charge is -1.91. The fraction of sp³-hybridized carbons (Fsp3) is 0. The van der Waals surface area contributed by atoms with Crippen molar-refractivity contribution in [2.45, 2.75) is 0 Å². The molecule has 0 fully saturated rings. The molecule has 0 aromatic carbocycles. The monoisotopic (exact) mass is 159 g/mol. The largest absolute Gasteiger partial charge is 0.600 e. The van der Waals surface area contributed by atoms with E-state index >= 15 is 0 Å². The summed E-state index contributed by atoms with van der Waals surface area (Å²) in [6.07, 6.45) is 0. The van der Waals surface area contributed by atoms with Crippen molar-refractivity contribution in [3.05, 3.63) is 4.91 Å². The number of rotatable bonds is 2. The molecule has 6 nitrogen and oxygen atoms in total. The van der Waals surface area contributed by atoms with Gasteiger partial charge in [-0.25, -0.2) is 8.42 Å². The summed E-state index contributed by atoms with van der Waals surface area (Å²) in [5.41, 5.74) is 0. The summed E-state index contributed by atoms with van der Waals surface area (Å²) >= 11 is 3.51. The molecule has 0 atom stereocenters. The molecular formula is HNO5S2. The van der Waals surface area contributed by atoms with Crippen molar-refractivity contribution in [2.75, 3.05) is 0 Å². The predicted molar refractivity (Wildman–Crippen MR) is 22.8 cm³/mol. The lowest BCUT2D eigenvalue weighted by Crippen LogP contribution is -2.08. The SMILES string of the molecule is O=[N+](O)OS(=O)(=O)[S-]. The molecule has 0 aromatic heterocycles. The average Bonchev–Trinajstić information content (AvgIpc) is 1.21. The average molecular weight is 159 g/mol. The highest BCUT2D eigenvalue weighted by atomic mass is 33.1. The van der Waals surface area contributed by atoms with Crippen molar-refractivity contribution in [1.29, 1.82) is 0 Å². The Balaban J connectivity index is 3.95. The van der Waals surface area contributed by atoms with Crippen LogP contribution < -0.4 is 0 Å². The molecule has 8 heteroatoms. The normalized spacial score (nSPS) is 10.6. The second-order valence-electron chi connectivity index (χ2n) is 0.721. The zero-order valence-corrected chi connectivity index (χ0v) is 4.98. The Morgan fingerprint density at radius 3 is 2.00 bits per heavy atom. The van der Waals surface area contributed by atoms with Gasteiger partial charge in [0.15, 0.2) is 0 Å². The first-order valence-electron chi connectivity index (χ1n) is 1.23. The highest BCUT2D eigenvalue weighted by molar-refractivity contribution is 8.51. The number of nitrogens with zero attached hydrogens (tertiary/aromatic N) is 1. The number of hydrogen-bond donors (Lipinski definition) is 1. The first-order chi connectivity index (χ1) is 3.42. The first kappa shape index (κ1) is 7.50. The summed E-state index contributed by atoms with van der Waals surface area (Å²) in [5.74, 6) is 0. The van der Waals surface area contributed by atoms with Crippen LogP contribution in [0.2, 0.25) is 0 Å². The summed E-state index contributed by atoms with van der Waals surface area (Å²) in [7, 11) is -4.28. The van der Waals surface area contributed by atoms with Crippen LogP contribution in [0.1, 0.15) is 0 Å². The van der Waals surface area contributed by atoms with Gasteiger partial charge in [0.05, 0.1) is 0 Å². The maximum atomic E-state index is 9.63. The van der Waals surface area contributed by atoms with E-state index in [9.17, 15) is 13.3 Å². The Morgan fingerprint density at radius 2 is 2.00 bits per heavy atom. The highest BCUT2D eigenvalue weighted by Crippen LogP contribution is 1.84. The Morgan fingerprint density at radius 1 is 1.62 bits per heavy atom. The molecular weight excluding hydrogens is 158 g/mol. The molecule has 0 saturated carbocycles. The van der Waals surface area contributed by atoms with E-state index in [4.69, 9.17) is 5.21 Å². The zero-order valence-electron chi connectivity index (χ0n) is 3.34. The van der Waals surface area contributed by atoms with Crippen LogP contribution in [0, 0.1) is 4.91 Å². The van der Waals surface area contributed by atoms with Crippen molar-refractivity contribution in [1.82, 2.24) is 0 Å². The van der Waals surface area contributed by atoms with Crippen molar-refractivity contribution in [2.24, 2.45) is 0 Å². The molecule has 0 spiro atoms. The molecule has 0 aliphatic carbocycles. The topological polar surface area (TPSA) is 83.7 Å². The molecule has 8 heavy (non-hydrogen) atoms. The maximum Gasteiger partial charge on any atom is 0.491 e. The lowest BCUT2D eigenvalue weighted by molar-refractivity contribution is -0.946. The van der Waals surface area contributed by atoms with E-state index in [1.807, 2.05) is 0 Å². The van der Waals surface area contributed by atoms with Crippen LogP contribution in [0.15, 0.2) is 0 Å². The van der Waals surface area contributed by atoms with Crippen molar-refractivity contribution in [3.63, 3.8) is 0 Å². The predicted octanol–water partition coefficient (Wildman–Crippen LogP) is -1.12. The van der Waals surface area contributed by atoms with Gasteiger partial charge in [-0.3, -0.25) is 0 Å². The van der Waals surface area contributed by atoms with Crippen LogP contribution in [0.4, 0.5) is 0 Å². The summed E-state index contributed by atoms with van der Waals surface area (Å²) in [6, 6.07) is 0. The van der Waals surface area contributed by atoms with E-state index in [1.54, 1.807) is 0 Å². The summed E-state index contributed by atoms with van der Waals surface area (Å²) in [4.78, 5) is 9.26. The van der Waals surface area contributed by atoms with Gasteiger partial charge in [0.1, 0.15) is 4.91 Å². The summed E-state index contributed by atoms with van der Waals surface area (Å²) in [6.45, 7) is 0. The molecule has 0 rings (SSSR count). The fourth-order valence-corrected chi connectivity index (χ4v) is 0.390. The third-order valence-corrected chi connectivity index (χ3v) is 0.648. The van der Waals surface area contributed by atoms with Crippen LogP contribution >= 0.6 is 0 Å². The van der Waals surface area contributed by atoms with Gasteiger partial charge >= 0.3 is 5.09 Å².